The first-order valence-electron chi connectivity index (χ1n) is 9.27. The quantitative estimate of drug-likeness (QED) is 0.679. The highest BCUT2D eigenvalue weighted by atomic mass is 19.1. The van der Waals surface area contributed by atoms with Crippen molar-refractivity contribution in [1.29, 1.82) is 0 Å². The third kappa shape index (κ3) is 1.75. The Hall–Kier alpha value is -0.700. The van der Waals surface area contributed by atoms with Gasteiger partial charge in [-0.15, -0.1) is 0 Å². The minimum Gasteiger partial charge on any atom is -0.389 e. The molecule has 0 aromatic rings. The van der Waals surface area contributed by atoms with Crippen molar-refractivity contribution in [3.05, 3.63) is 12.2 Å². The van der Waals surface area contributed by atoms with Crippen molar-refractivity contribution < 1.29 is 14.3 Å². The van der Waals surface area contributed by atoms with Gasteiger partial charge in [0.1, 0.15) is 11.5 Å². The van der Waals surface area contributed by atoms with Crippen LogP contribution in [-0.2, 0) is 4.79 Å². The molecule has 128 valence electrons. The number of allylic oxidation sites excluding steroid dienone is 1. The first kappa shape index (κ1) is 15.8. The normalized spacial score (nSPS) is 58.5. The minimum absolute atomic E-state index is 0.0130. The minimum atomic E-state index is -1.32. The molecular formula is C20H29FO2. The highest BCUT2D eigenvalue weighted by Crippen LogP contribution is 2.68. The van der Waals surface area contributed by atoms with Crippen LogP contribution in [0.5, 0.6) is 0 Å². The second-order valence-corrected chi connectivity index (χ2v) is 9.34. The third-order valence-corrected chi connectivity index (χ3v) is 8.57. The van der Waals surface area contributed by atoms with Gasteiger partial charge in [-0.25, -0.2) is 4.39 Å². The average Bonchev–Trinajstić information content (AvgIpc) is 2.72. The number of hydrogen-bond acceptors (Lipinski definition) is 2. The summed E-state index contributed by atoms with van der Waals surface area (Å²) in [5.41, 5.74) is -2.80. The summed E-state index contributed by atoms with van der Waals surface area (Å²) in [5, 5.41) is 10.8. The van der Waals surface area contributed by atoms with Crippen molar-refractivity contribution in [3.8, 4) is 0 Å². The van der Waals surface area contributed by atoms with Gasteiger partial charge in [0.15, 0.2) is 0 Å². The smallest absolute Gasteiger partial charge is 0.137 e. The van der Waals surface area contributed by atoms with E-state index in [2.05, 4.69) is 13.8 Å². The first-order chi connectivity index (χ1) is 10.6. The molecule has 4 aliphatic rings. The second kappa shape index (κ2) is 4.47. The van der Waals surface area contributed by atoms with E-state index in [1.54, 1.807) is 6.08 Å². The maximum Gasteiger partial charge on any atom is 0.137 e. The molecule has 3 heteroatoms. The van der Waals surface area contributed by atoms with Gasteiger partial charge in [-0.3, -0.25) is 4.79 Å². The largest absolute Gasteiger partial charge is 0.389 e. The number of halogens is 1. The maximum atomic E-state index is 16.4. The van der Waals surface area contributed by atoms with E-state index in [1.165, 1.54) is 0 Å². The summed E-state index contributed by atoms with van der Waals surface area (Å²) in [6.07, 6.45) is 9.02. The van der Waals surface area contributed by atoms with Gasteiger partial charge in [-0.1, -0.05) is 26.0 Å². The Bertz CT molecular complexity index is 582. The first-order valence-corrected chi connectivity index (χ1v) is 9.27. The number of carbonyl (C=O) groups excluding carboxylic acids is 1. The predicted molar refractivity (Wildman–Crippen MR) is 87.6 cm³/mol. The van der Waals surface area contributed by atoms with E-state index in [-0.39, 0.29) is 23.2 Å². The molecule has 0 heterocycles. The molecule has 7 atom stereocenters. The molecule has 3 saturated carbocycles. The zero-order valence-corrected chi connectivity index (χ0v) is 14.6. The number of fused-ring (bicyclic) bond motifs is 5. The molecule has 4 aliphatic carbocycles. The Morgan fingerprint density at radius 2 is 1.83 bits per heavy atom. The van der Waals surface area contributed by atoms with Crippen molar-refractivity contribution in [2.24, 2.45) is 28.6 Å². The summed E-state index contributed by atoms with van der Waals surface area (Å²) in [4.78, 5) is 11.9. The van der Waals surface area contributed by atoms with E-state index in [1.807, 2.05) is 13.0 Å². The van der Waals surface area contributed by atoms with E-state index in [0.29, 0.717) is 25.0 Å². The molecule has 0 unspecified atom stereocenters. The molecule has 3 fully saturated rings. The summed E-state index contributed by atoms with van der Waals surface area (Å²) in [6, 6.07) is 0. The lowest BCUT2D eigenvalue weighted by Crippen LogP contribution is -2.62. The topological polar surface area (TPSA) is 37.3 Å². The van der Waals surface area contributed by atoms with Crippen LogP contribution in [-0.4, -0.2) is 22.2 Å². The Labute approximate surface area is 138 Å². The maximum absolute atomic E-state index is 16.4. The van der Waals surface area contributed by atoms with Crippen molar-refractivity contribution in [3.63, 3.8) is 0 Å². The molecule has 0 spiro atoms. The average molecular weight is 320 g/mol. The summed E-state index contributed by atoms with van der Waals surface area (Å²) >= 11 is 0. The zero-order chi connectivity index (χ0) is 16.7. The monoisotopic (exact) mass is 320 g/mol. The summed E-state index contributed by atoms with van der Waals surface area (Å²) in [6.45, 7) is 6.10. The van der Waals surface area contributed by atoms with Crippen LogP contribution in [0.2, 0.25) is 0 Å². The molecule has 4 rings (SSSR count). The van der Waals surface area contributed by atoms with Crippen molar-refractivity contribution in [2.75, 3.05) is 0 Å². The summed E-state index contributed by atoms with van der Waals surface area (Å²) < 4.78 is 16.4. The fourth-order valence-corrected chi connectivity index (χ4v) is 6.57. The van der Waals surface area contributed by atoms with Crippen LogP contribution >= 0.6 is 0 Å². The molecule has 0 aromatic heterocycles. The van der Waals surface area contributed by atoms with Crippen LogP contribution in [0.15, 0.2) is 12.2 Å². The van der Waals surface area contributed by atoms with E-state index >= 15 is 4.39 Å². The van der Waals surface area contributed by atoms with Gasteiger partial charge in [0.2, 0.25) is 0 Å². The fourth-order valence-electron chi connectivity index (χ4n) is 6.57. The third-order valence-electron chi connectivity index (χ3n) is 8.57. The number of alkyl halides is 1. The van der Waals surface area contributed by atoms with Crippen molar-refractivity contribution >= 4 is 5.78 Å². The number of ketones is 1. The molecule has 0 aromatic carbocycles. The van der Waals surface area contributed by atoms with E-state index in [4.69, 9.17) is 0 Å². The van der Waals surface area contributed by atoms with Gasteiger partial charge in [0.25, 0.3) is 0 Å². The molecular weight excluding hydrogens is 291 g/mol. The fraction of sp³-hybridized carbons (Fsp3) is 0.850. The highest BCUT2D eigenvalue weighted by Gasteiger charge is 2.68. The molecule has 0 amide bonds. The van der Waals surface area contributed by atoms with E-state index in [0.717, 1.165) is 25.7 Å². The van der Waals surface area contributed by atoms with Gasteiger partial charge in [-0.05, 0) is 50.9 Å². The standard InChI is InChI=1S/C20H29FO2/c1-17-8-6-14(22)12-13(17)4-5-16-15-7-9-19(3,23)18(15,2)10-11-20(16,17)21/h10-11,13,15-16,23H,4-9,12H2,1-3H3/t13-,15+,16+,17+,18+,19+,20-/m1/s1. The van der Waals surface area contributed by atoms with Gasteiger partial charge < -0.3 is 5.11 Å². The highest BCUT2D eigenvalue weighted by molar-refractivity contribution is 5.79. The lowest BCUT2D eigenvalue weighted by atomic mass is 9.45. The Morgan fingerprint density at radius 3 is 2.57 bits per heavy atom. The van der Waals surface area contributed by atoms with Gasteiger partial charge in [-0.2, -0.15) is 0 Å². The SMILES string of the molecule is C[C@]1(O)CC[C@H]2[C@@H]3CC[C@@H]4CC(=O)CC[C@]4(C)[C@@]3(F)C=C[C@@]21C. The van der Waals surface area contributed by atoms with Gasteiger partial charge in [0.05, 0.1) is 5.60 Å². The predicted octanol–water partition coefficient (Wildman–Crippen LogP) is 4.22. The Morgan fingerprint density at radius 1 is 1.09 bits per heavy atom. The lowest BCUT2D eigenvalue weighted by molar-refractivity contribution is -0.158. The van der Waals surface area contributed by atoms with E-state index < -0.39 is 16.7 Å². The summed E-state index contributed by atoms with van der Waals surface area (Å²) in [7, 11) is 0. The molecule has 0 saturated heterocycles. The number of carbonyl (C=O) groups is 1. The van der Waals surface area contributed by atoms with Crippen LogP contribution in [0, 0.1) is 28.6 Å². The van der Waals surface area contributed by atoms with Crippen molar-refractivity contribution in [1.82, 2.24) is 0 Å². The number of rotatable bonds is 0. The summed E-state index contributed by atoms with van der Waals surface area (Å²) in [5.74, 6) is 0.688. The van der Waals surface area contributed by atoms with Crippen molar-refractivity contribution in [2.45, 2.75) is 77.0 Å². The lowest BCUT2D eigenvalue weighted by Gasteiger charge is -2.61. The molecule has 2 nitrogen and oxygen atoms in total. The van der Waals surface area contributed by atoms with Crippen LogP contribution in [0.3, 0.4) is 0 Å². The van der Waals surface area contributed by atoms with Crippen LogP contribution < -0.4 is 0 Å². The molecule has 0 bridgehead atoms. The van der Waals surface area contributed by atoms with Crippen LogP contribution in [0.25, 0.3) is 0 Å². The molecule has 0 radical (unpaired) electrons. The van der Waals surface area contributed by atoms with Gasteiger partial charge in [0, 0.05) is 29.6 Å². The molecule has 0 aliphatic heterocycles. The molecule has 1 N–H and O–H groups in total. The van der Waals surface area contributed by atoms with Crippen LogP contribution in [0.1, 0.15) is 65.7 Å². The number of Topliss-reactive ketones (excluding diaryl/α,β-unsaturated/α-hetero) is 1. The Kier molecular flexibility index (Phi) is 3.07. The Balaban J connectivity index is 1.79. The zero-order valence-electron chi connectivity index (χ0n) is 14.6. The number of hydrogen-bond donors (Lipinski definition) is 1. The van der Waals surface area contributed by atoms with Gasteiger partial charge >= 0.3 is 0 Å². The number of aliphatic hydroxyl groups is 1. The van der Waals surface area contributed by atoms with E-state index in [9.17, 15) is 9.90 Å². The van der Waals surface area contributed by atoms with Crippen LogP contribution in [0.4, 0.5) is 4.39 Å². The molecule has 23 heavy (non-hydrogen) atoms. The second-order valence-electron chi connectivity index (χ2n) is 9.34.